The number of nitrogens with one attached hydrogen (secondary N) is 1. The van der Waals surface area contributed by atoms with Gasteiger partial charge in [-0.25, -0.2) is 4.98 Å². The number of ether oxygens (including phenoxy) is 2. The second-order valence-electron chi connectivity index (χ2n) is 7.88. The number of nitrogens with zero attached hydrogens (tertiary/aromatic N) is 2. The molecule has 0 aliphatic carbocycles. The quantitative estimate of drug-likeness (QED) is 0.578. The minimum Gasteiger partial charge on any atom is -0.497 e. The summed E-state index contributed by atoms with van der Waals surface area (Å²) in [5, 5.41) is 5.53. The van der Waals surface area contributed by atoms with Crippen LogP contribution in [0.1, 0.15) is 41.0 Å². The van der Waals surface area contributed by atoms with Crippen LogP contribution in [0.3, 0.4) is 0 Å². The molecule has 1 N–H and O–H groups in total. The number of carbonyl (C=O) groups is 1. The zero-order valence-electron chi connectivity index (χ0n) is 18.1. The number of anilines is 1. The van der Waals surface area contributed by atoms with Crippen molar-refractivity contribution in [3.63, 3.8) is 0 Å². The number of carbonyl (C=O) groups excluding carboxylic acids is 1. The Bertz CT molecular complexity index is 1050. The maximum atomic E-state index is 12.5. The van der Waals surface area contributed by atoms with Gasteiger partial charge in [-0.15, -0.1) is 11.3 Å². The SMILES string of the molecule is COc1ccc2c(c1)CCN(Cc1csc(NC(=O)c3ccc(OC(C)C)cc3)n1)C2. The molecule has 0 unspecified atom stereocenters. The fourth-order valence-electron chi connectivity index (χ4n) is 3.64. The number of hydrogen-bond acceptors (Lipinski definition) is 6. The van der Waals surface area contributed by atoms with Crippen LogP contribution in [0.4, 0.5) is 5.13 Å². The van der Waals surface area contributed by atoms with Crippen LogP contribution < -0.4 is 14.8 Å². The van der Waals surface area contributed by atoms with Crippen molar-refractivity contribution in [2.45, 2.75) is 39.5 Å². The Morgan fingerprint density at radius 3 is 2.68 bits per heavy atom. The summed E-state index contributed by atoms with van der Waals surface area (Å²) in [5.41, 5.74) is 4.24. The highest BCUT2D eigenvalue weighted by molar-refractivity contribution is 7.14. The van der Waals surface area contributed by atoms with E-state index in [1.54, 1.807) is 19.2 Å². The van der Waals surface area contributed by atoms with Crippen molar-refractivity contribution in [3.8, 4) is 11.5 Å². The van der Waals surface area contributed by atoms with E-state index in [4.69, 9.17) is 9.47 Å². The third kappa shape index (κ3) is 5.42. The van der Waals surface area contributed by atoms with Gasteiger partial charge in [0.1, 0.15) is 11.5 Å². The molecule has 2 heterocycles. The minimum absolute atomic E-state index is 0.102. The Balaban J connectivity index is 1.33. The van der Waals surface area contributed by atoms with E-state index in [1.807, 2.05) is 37.4 Å². The van der Waals surface area contributed by atoms with Crippen LogP contribution >= 0.6 is 11.3 Å². The molecular formula is C24H27N3O3S. The van der Waals surface area contributed by atoms with Crippen molar-refractivity contribution in [3.05, 3.63) is 70.2 Å². The Kier molecular flexibility index (Phi) is 6.53. The molecule has 2 aromatic carbocycles. The number of aromatic nitrogens is 1. The van der Waals surface area contributed by atoms with Crippen molar-refractivity contribution >= 4 is 22.4 Å². The van der Waals surface area contributed by atoms with E-state index >= 15 is 0 Å². The van der Waals surface area contributed by atoms with E-state index in [-0.39, 0.29) is 12.0 Å². The zero-order valence-corrected chi connectivity index (χ0v) is 18.9. The second kappa shape index (κ2) is 9.49. The van der Waals surface area contributed by atoms with E-state index in [1.165, 1.54) is 22.5 Å². The molecule has 31 heavy (non-hydrogen) atoms. The van der Waals surface area contributed by atoms with Crippen LogP contribution in [-0.2, 0) is 19.5 Å². The average molecular weight is 438 g/mol. The summed E-state index contributed by atoms with van der Waals surface area (Å²) in [6, 6.07) is 13.4. The third-order valence-electron chi connectivity index (χ3n) is 5.15. The fraction of sp³-hybridized carbons (Fsp3) is 0.333. The molecule has 0 bridgehead atoms. The lowest BCUT2D eigenvalue weighted by molar-refractivity contribution is 0.102. The topological polar surface area (TPSA) is 63.7 Å². The summed E-state index contributed by atoms with van der Waals surface area (Å²) in [4.78, 5) is 19.5. The lowest BCUT2D eigenvalue weighted by Crippen LogP contribution is -2.30. The first-order valence-electron chi connectivity index (χ1n) is 10.4. The summed E-state index contributed by atoms with van der Waals surface area (Å²) < 4.78 is 11.0. The number of amides is 1. The molecule has 3 aromatic rings. The molecule has 0 saturated carbocycles. The highest BCUT2D eigenvalue weighted by atomic mass is 32.1. The molecular weight excluding hydrogens is 410 g/mol. The maximum Gasteiger partial charge on any atom is 0.257 e. The number of fused-ring (bicyclic) bond motifs is 1. The lowest BCUT2D eigenvalue weighted by Gasteiger charge is -2.28. The number of thiazole rings is 1. The van der Waals surface area contributed by atoms with Crippen LogP contribution in [0.2, 0.25) is 0 Å². The normalized spacial score (nSPS) is 13.7. The molecule has 162 valence electrons. The molecule has 1 amide bonds. The second-order valence-corrected chi connectivity index (χ2v) is 8.74. The van der Waals surface area contributed by atoms with Crippen LogP contribution in [0, 0.1) is 0 Å². The first-order chi connectivity index (χ1) is 15.0. The summed E-state index contributed by atoms with van der Waals surface area (Å²) in [7, 11) is 1.70. The molecule has 7 heteroatoms. The Morgan fingerprint density at radius 2 is 1.94 bits per heavy atom. The van der Waals surface area contributed by atoms with Crippen molar-refractivity contribution in [1.82, 2.24) is 9.88 Å². The van der Waals surface area contributed by atoms with Crippen LogP contribution in [-0.4, -0.2) is 35.5 Å². The number of methoxy groups -OCH3 is 1. The predicted octanol–water partition coefficient (Wildman–Crippen LogP) is 4.75. The molecule has 4 rings (SSSR count). The smallest absolute Gasteiger partial charge is 0.257 e. The Morgan fingerprint density at radius 1 is 1.16 bits per heavy atom. The van der Waals surface area contributed by atoms with Gasteiger partial charge in [0.15, 0.2) is 5.13 Å². The summed E-state index contributed by atoms with van der Waals surface area (Å²) in [5.74, 6) is 1.50. The van der Waals surface area contributed by atoms with Gasteiger partial charge >= 0.3 is 0 Å². The molecule has 0 atom stereocenters. The third-order valence-corrected chi connectivity index (χ3v) is 5.96. The van der Waals surface area contributed by atoms with Crippen LogP contribution in [0.5, 0.6) is 11.5 Å². The number of rotatable bonds is 7. The van der Waals surface area contributed by atoms with Gasteiger partial charge in [0.25, 0.3) is 5.91 Å². The van der Waals surface area contributed by atoms with Gasteiger partial charge in [-0.1, -0.05) is 6.07 Å². The first kappa shape index (κ1) is 21.3. The predicted molar refractivity (Wildman–Crippen MR) is 123 cm³/mol. The van der Waals surface area contributed by atoms with Crippen molar-refractivity contribution in [2.75, 3.05) is 19.0 Å². The number of hydrogen-bond donors (Lipinski definition) is 1. The van der Waals surface area contributed by atoms with Crippen LogP contribution in [0.15, 0.2) is 47.8 Å². The Labute approximate surface area is 186 Å². The fourth-order valence-corrected chi connectivity index (χ4v) is 4.34. The van der Waals surface area contributed by atoms with Crippen molar-refractivity contribution in [1.29, 1.82) is 0 Å². The van der Waals surface area contributed by atoms with Gasteiger partial charge in [0.05, 0.1) is 18.9 Å². The van der Waals surface area contributed by atoms with Gasteiger partial charge in [-0.2, -0.15) is 0 Å². The van der Waals surface area contributed by atoms with Gasteiger partial charge in [-0.05, 0) is 67.8 Å². The molecule has 1 aliphatic heterocycles. The Hall–Kier alpha value is -2.90. The molecule has 0 saturated heterocycles. The van der Waals surface area contributed by atoms with Crippen molar-refractivity contribution < 1.29 is 14.3 Å². The van der Waals surface area contributed by atoms with E-state index in [0.717, 1.165) is 43.2 Å². The standard InChI is InChI=1S/C24H27N3O3S/c1-16(2)30-21-7-4-17(5-8-21)23(28)26-24-25-20(15-31-24)14-27-11-10-18-12-22(29-3)9-6-19(18)13-27/h4-9,12,15-16H,10-11,13-14H2,1-3H3,(H,25,26,28). The molecule has 0 spiro atoms. The molecule has 6 nitrogen and oxygen atoms in total. The van der Waals surface area contributed by atoms with E-state index in [2.05, 4.69) is 27.3 Å². The average Bonchev–Trinajstić information content (AvgIpc) is 3.20. The van der Waals surface area contributed by atoms with Gasteiger partial charge < -0.3 is 9.47 Å². The monoisotopic (exact) mass is 437 g/mol. The van der Waals surface area contributed by atoms with Crippen molar-refractivity contribution in [2.24, 2.45) is 0 Å². The lowest BCUT2D eigenvalue weighted by atomic mass is 9.99. The molecule has 0 radical (unpaired) electrons. The molecule has 1 aliphatic rings. The van der Waals surface area contributed by atoms with Gasteiger partial charge in [0.2, 0.25) is 0 Å². The summed E-state index contributed by atoms with van der Waals surface area (Å²) in [6.45, 7) is 6.58. The van der Waals surface area contributed by atoms with E-state index < -0.39 is 0 Å². The molecule has 0 fully saturated rings. The van der Waals surface area contributed by atoms with E-state index in [9.17, 15) is 4.79 Å². The minimum atomic E-state index is -0.169. The largest absolute Gasteiger partial charge is 0.497 e. The zero-order chi connectivity index (χ0) is 21.8. The summed E-state index contributed by atoms with van der Waals surface area (Å²) in [6.07, 6.45) is 1.10. The van der Waals surface area contributed by atoms with Gasteiger partial charge in [-0.3, -0.25) is 15.0 Å². The summed E-state index contributed by atoms with van der Waals surface area (Å²) >= 11 is 1.45. The number of benzene rings is 2. The highest BCUT2D eigenvalue weighted by Gasteiger charge is 2.18. The first-order valence-corrected chi connectivity index (χ1v) is 11.3. The highest BCUT2D eigenvalue weighted by Crippen LogP contribution is 2.26. The molecule has 1 aromatic heterocycles. The van der Waals surface area contributed by atoms with Crippen LogP contribution in [0.25, 0.3) is 0 Å². The van der Waals surface area contributed by atoms with E-state index in [0.29, 0.717) is 10.7 Å². The maximum absolute atomic E-state index is 12.5. The van der Waals surface area contributed by atoms with Gasteiger partial charge in [0, 0.05) is 30.6 Å².